The number of halogens is 2. The standard InChI is InChI=1S/C17H25Cl2NO/c1-3-5-16(20-10-11-21-2)17(8-4-9-17)13-6-7-14(18)15(19)12-13/h6-7,12,16,20H,3-5,8-11H2,1-2H3. The number of methoxy groups -OCH3 is 1. The Morgan fingerprint density at radius 1 is 1.29 bits per heavy atom. The summed E-state index contributed by atoms with van der Waals surface area (Å²) in [6.45, 7) is 3.88. The summed E-state index contributed by atoms with van der Waals surface area (Å²) in [5.74, 6) is 0. The van der Waals surface area contributed by atoms with Gasteiger partial charge in [0.25, 0.3) is 0 Å². The summed E-state index contributed by atoms with van der Waals surface area (Å²) >= 11 is 12.3. The first-order chi connectivity index (χ1) is 10.1. The van der Waals surface area contributed by atoms with Gasteiger partial charge in [0, 0.05) is 25.1 Å². The molecule has 1 aliphatic carbocycles. The molecule has 1 aromatic carbocycles. The number of ether oxygens (including phenoxy) is 1. The predicted octanol–water partition coefficient (Wildman–Crippen LogP) is 4.82. The molecule has 0 amide bonds. The van der Waals surface area contributed by atoms with E-state index < -0.39 is 0 Å². The third-order valence-electron chi connectivity index (χ3n) is 4.68. The van der Waals surface area contributed by atoms with E-state index >= 15 is 0 Å². The highest BCUT2D eigenvalue weighted by molar-refractivity contribution is 6.42. The van der Waals surface area contributed by atoms with Crippen LogP contribution in [0.3, 0.4) is 0 Å². The Hall–Kier alpha value is -0.280. The Morgan fingerprint density at radius 2 is 2.05 bits per heavy atom. The van der Waals surface area contributed by atoms with Crippen LogP contribution in [-0.4, -0.2) is 26.3 Å². The summed E-state index contributed by atoms with van der Waals surface area (Å²) in [6.07, 6.45) is 6.06. The smallest absolute Gasteiger partial charge is 0.0595 e. The average Bonchev–Trinajstić information content (AvgIpc) is 2.42. The van der Waals surface area contributed by atoms with Crippen LogP contribution in [0.2, 0.25) is 10.0 Å². The van der Waals surface area contributed by atoms with Gasteiger partial charge in [0.2, 0.25) is 0 Å². The van der Waals surface area contributed by atoms with Crippen molar-refractivity contribution in [3.8, 4) is 0 Å². The number of benzene rings is 1. The van der Waals surface area contributed by atoms with Crippen LogP contribution in [0, 0.1) is 0 Å². The SMILES string of the molecule is CCCC(NCCOC)C1(c2ccc(Cl)c(Cl)c2)CCC1. The Labute approximate surface area is 138 Å². The zero-order chi connectivity index (χ0) is 15.3. The lowest BCUT2D eigenvalue weighted by Crippen LogP contribution is -2.53. The monoisotopic (exact) mass is 329 g/mol. The van der Waals surface area contributed by atoms with Gasteiger partial charge in [-0.05, 0) is 37.0 Å². The molecule has 118 valence electrons. The van der Waals surface area contributed by atoms with Gasteiger partial charge in [0.15, 0.2) is 0 Å². The average molecular weight is 330 g/mol. The molecular formula is C17H25Cl2NO. The first-order valence-corrected chi connectivity index (χ1v) is 8.57. The van der Waals surface area contributed by atoms with Crippen LogP contribution in [0.15, 0.2) is 18.2 Å². The fourth-order valence-electron chi connectivity index (χ4n) is 3.40. The van der Waals surface area contributed by atoms with E-state index in [9.17, 15) is 0 Å². The summed E-state index contributed by atoms with van der Waals surface area (Å²) in [7, 11) is 1.74. The maximum atomic E-state index is 6.24. The van der Waals surface area contributed by atoms with E-state index in [1.54, 1.807) is 7.11 Å². The molecule has 0 bridgehead atoms. The number of hydrogen-bond donors (Lipinski definition) is 1. The molecule has 1 N–H and O–H groups in total. The van der Waals surface area contributed by atoms with E-state index in [4.69, 9.17) is 27.9 Å². The van der Waals surface area contributed by atoms with E-state index in [-0.39, 0.29) is 5.41 Å². The molecule has 1 fully saturated rings. The van der Waals surface area contributed by atoms with Gasteiger partial charge in [-0.3, -0.25) is 0 Å². The summed E-state index contributed by atoms with van der Waals surface area (Å²) in [5.41, 5.74) is 1.53. The van der Waals surface area contributed by atoms with E-state index in [0.29, 0.717) is 16.1 Å². The third kappa shape index (κ3) is 3.73. The van der Waals surface area contributed by atoms with Gasteiger partial charge in [-0.15, -0.1) is 0 Å². The minimum absolute atomic E-state index is 0.206. The van der Waals surface area contributed by atoms with Crippen molar-refractivity contribution in [1.82, 2.24) is 5.32 Å². The summed E-state index contributed by atoms with van der Waals surface area (Å²) in [5, 5.41) is 4.99. The van der Waals surface area contributed by atoms with E-state index in [0.717, 1.165) is 13.2 Å². The summed E-state index contributed by atoms with van der Waals surface area (Å²) in [4.78, 5) is 0. The van der Waals surface area contributed by atoms with E-state index in [1.807, 2.05) is 6.07 Å². The molecule has 1 saturated carbocycles. The Bertz CT molecular complexity index is 460. The van der Waals surface area contributed by atoms with Gasteiger partial charge in [-0.1, -0.05) is 49.0 Å². The van der Waals surface area contributed by atoms with Crippen LogP contribution in [0.4, 0.5) is 0 Å². The topological polar surface area (TPSA) is 21.3 Å². The molecule has 1 aliphatic rings. The zero-order valence-corrected chi connectivity index (χ0v) is 14.4. The molecule has 2 nitrogen and oxygen atoms in total. The van der Waals surface area contributed by atoms with Crippen LogP contribution in [0.25, 0.3) is 0 Å². The highest BCUT2D eigenvalue weighted by atomic mass is 35.5. The molecule has 0 radical (unpaired) electrons. The second-order valence-corrected chi connectivity index (χ2v) is 6.74. The quantitative estimate of drug-likeness (QED) is 0.690. The molecule has 1 atom stereocenters. The first kappa shape index (κ1) is 17.1. The Kier molecular flexibility index (Phi) is 6.36. The first-order valence-electron chi connectivity index (χ1n) is 7.82. The Balaban J connectivity index is 2.21. The second kappa shape index (κ2) is 7.82. The van der Waals surface area contributed by atoms with Gasteiger partial charge in [-0.2, -0.15) is 0 Å². The van der Waals surface area contributed by atoms with Crippen molar-refractivity contribution in [2.45, 2.75) is 50.5 Å². The number of nitrogens with one attached hydrogen (secondary N) is 1. The van der Waals surface area contributed by atoms with Gasteiger partial charge >= 0.3 is 0 Å². The third-order valence-corrected chi connectivity index (χ3v) is 5.42. The van der Waals surface area contributed by atoms with Gasteiger partial charge in [0.05, 0.1) is 16.7 Å². The highest BCUT2D eigenvalue weighted by Gasteiger charge is 2.44. The van der Waals surface area contributed by atoms with Crippen molar-refractivity contribution in [2.75, 3.05) is 20.3 Å². The molecule has 0 heterocycles. The van der Waals surface area contributed by atoms with Crippen molar-refractivity contribution >= 4 is 23.2 Å². The molecule has 0 aliphatic heterocycles. The normalized spacial score (nSPS) is 18.3. The fraction of sp³-hybridized carbons (Fsp3) is 0.647. The maximum Gasteiger partial charge on any atom is 0.0595 e. The largest absolute Gasteiger partial charge is 0.383 e. The predicted molar refractivity (Wildman–Crippen MR) is 90.6 cm³/mol. The fourth-order valence-corrected chi connectivity index (χ4v) is 3.70. The van der Waals surface area contributed by atoms with Gasteiger partial charge < -0.3 is 10.1 Å². The van der Waals surface area contributed by atoms with Crippen LogP contribution in [-0.2, 0) is 10.2 Å². The molecule has 0 aromatic heterocycles. The van der Waals surface area contributed by atoms with Crippen molar-refractivity contribution in [3.63, 3.8) is 0 Å². The lowest BCUT2D eigenvalue weighted by molar-refractivity contribution is 0.142. The lowest BCUT2D eigenvalue weighted by Gasteiger charge is -2.49. The van der Waals surface area contributed by atoms with Crippen LogP contribution < -0.4 is 5.32 Å². The number of hydrogen-bond acceptors (Lipinski definition) is 2. The lowest BCUT2D eigenvalue weighted by atomic mass is 9.59. The molecule has 21 heavy (non-hydrogen) atoms. The van der Waals surface area contributed by atoms with Crippen LogP contribution in [0.5, 0.6) is 0 Å². The highest BCUT2D eigenvalue weighted by Crippen LogP contribution is 2.48. The van der Waals surface area contributed by atoms with Crippen LogP contribution in [0.1, 0.15) is 44.6 Å². The molecule has 2 rings (SSSR count). The zero-order valence-electron chi connectivity index (χ0n) is 12.9. The van der Waals surface area contributed by atoms with Crippen LogP contribution >= 0.6 is 23.2 Å². The van der Waals surface area contributed by atoms with E-state index in [2.05, 4.69) is 24.4 Å². The minimum Gasteiger partial charge on any atom is -0.383 e. The molecule has 4 heteroatoms. The summed E-state index contributed by atoms with van der Waals surface area (Å²) in [6, 6.07) is 6.61. The second-order valence-electron chi connectivity index (χ2n) is 5.93. The maximum absolute atomic E-state index is 6.24. The van der Waals surface area contributed by atoms with Gasteiger partial charge in [-0.25, -0.2) is 0 Å². The summed E-state index contributed by atoms with van der Waals surface area (Å²) < 4.78 is 5.17. The number of rotatable bonds is 8. The van der Waals surface area contributed by atoms with Crippen molar-refractivity contribution in [1.29, 1.82) is 0 Å². The molecular weight excluding hydrogens is 305 g/mol. The van der Waals surface area contributed by atoms with Gasteiger partial charge in [0.1, 0.15) is 0 Å². The van der Waals surface area contributed by atoms with Crippen molar-refractivity contribution in [2.24, 2.45) is 0 Å². The molecule has 1 aromatic rings. The Morgan fingerprint density at radius 3 is 2.57 bits per heavy atom. The molecule has 1 unspecified atom stereocenters. The van der Waals surface area contributed by atoms with Crippen molar-refractivity contribution in [3.05, 3.63) is 33.8 Å². The van der Waals surface area contributed by atoms with E-state index in [1.165, 1.54) is 37.7 Å². The molecule has 0 saturated heterocycles. The molecule has 0 spiro atoms. The van der Waals surface area contributed by atoms with Crippen molar-refractivity contribution < 1.29 is 4.74 Å². The minimum atomic E-state index is 0.206.